The van der Waals surface area contributed by atoms with Gasteiger partial charge in [-0.05, 0) is 24.6 Å². The summed E-state index contributed by atoms with van der Waals surface area (Å²) in [7, 11) is 0. The lowest BCUT2D eigenvalue weighted by atomic mass is 9.76. The average molecular weight is 430 g/mol. The van der Waals surface area contributed by atoms with E-state index in [1.807, 2.05) is 0 Å². The van der Waals surface area contributed by atoms with Crippen LogP contribution in [0.4, 0.5) is 11.4 Å². The highest BCUT2D eigenvalue weighted by Gasteiger charge is 2.72. The molecule has 4 rings (SSSR count). The van der Waals surface area contributed by atoms with Crippen LogP contribution in [0.15, 0.2) is 30.4 Å². The summed E-state index contributed by atoms with van der Waals surface area (Å²) in [5.41, 5.74) is -1.69. The van der Waals surface area contributed by atoms with Crippen molar-refractivity contribution < 1.29 is 38.3 Å². The number of esters is 2. The summed E-state index contributed by atoms with van der Waals surface area (Å²) in [6.45, 7) is 3.84. The van der Waals surface area contributed by atoms with E-state index in [1.54, 1.807) is 13.0 Å². The fraction of sp³-hybridized carbons (Fsp3) is 0.400. The Hall–Kier alpha value is -3.60. The van der Waals surface area contributed by atoms with Crippen LogP contribution in [-0.2, 0) is 33.4 Å². The van der Waals surface area contributed by atoms with Gasteiger partial charge in [-0.2, -0.15) is 0 Å². The van der Waals surface area contributed by atoms with Crippen LogP contribution in [0, 0.1) is 28.9 Å². The number of imide groups is 1. The molecule has 11 heteroatoms. The monoisotopic (exact) mass is 430 g/mol. The molecule has 0 radical (unpaired) electrons. The lowest BCUT2D eigenvalue weighted by molar-refractivity contribution is -0.384. The zero-order valence-corrected chi connectivity index (χ0v) is 16.8. The summed E-state index contributed by atoms with van der Waals surface area (Å²) in [5, 5.41) is 11.5. The number of hydrogen-bond acceptors (Lipinski definition) is 9. The number of fused-ring (bicyclic) bond motifs is 5. The van der Waals surface area contributed by atoms with Gasteiger partial charge in [0.1, 0.15) is 5.69 Å². The first kappa shape index (κ1) is 20.7. The third-order valence-electron chi connectivity index (χ3n) is 5.56. The van der Waals surface area contributed by atoms with Crippen LogP contribution in [0.2, 0.25) is 0 Å². The number of carbonyl (C=O) groups excluding carboxylic acids is 4. The lowest BCUT2D eigenvalue weighted by Crippen LogP contribution is -2.52. The molecule has 4 atom stereocenters. The van der Waals surface area contributed by atoms with E-state index in [9.17, 15) is 29.3 Å². The molecule has 2 bridgehead atoms. The van der Waals surface area contributed by atoms with Gasteiger partial charge in [0.25, 0.3) is 12.0 Å². The van der Waals surface area contributed by atoms with Gasteiger partial charge in [0, 0.05) is 19.9 Å². The summed E-state index contributed by atoms with van der Waals surface area (Å²) >= 11 is 0. The molecule has 1 aromatic rings. The summed E-state index contributed by atoms with van der Waals surface area (Å²) < 4.78 is 16.1. The molecule has 0 saturated carbocycles. The number of carbonyl (C=O) groups is 4. The SMILES string of the molecule is CC(=O)OC(OC(C)=O)[C@]12C=C[C@@H](O1)[C@@H]1C(=O)N(c3ccc(C)cc3[N+](=O)[O-])C(=O)[C@@H]12. The first-order chi connectivity index (χ1) is 14.6. The first-order valence-electron chi connectivity index (χ1n) is 9.41. The topological polar surface area (TPSA) is 142 Å². The van der Waals surface area contributed by atoms with Crippen LogP contribution in [0.1, 0.15) is 19.4 Å². The molecule has 31 heavy (non-hydrogen) atoms. The van der Waals surface area contributed by atoms with Crippen molar-refractivity contribution in [2.45, 2.75) is 38.8 Å². The van der Waals surface area contributed by atoms with Crippen LogP contribution >= 0.6 is 0 Å². The van der Waals surface area contributed by atoms with Gasteiger partial charge in [-0.15, -0.1) is 0 Å². The third kappa shape index (κ3) is 3.00. The van der Waals surface area contributed by atoms with Crippen LogP contribution < -0.4 is 4.90 Å². The second-order valence-electron chi connectivity index (χ2n) is 7.61. The maximum atomic E-state index is 13.4. The van der Waals surface area contributed by atoms with Crippen LogP contribution in [0.3, 0.4) is 0 Å². The molecule has 11 nitrogen and oxygen atoms in total. The van der Waals surface area contributed by atoms with Crippen molar-refractivity contribution in [3.63, 3.8) is 0 Å². The van der Waals surface area contributed by atoms with Crippen molar-refractivity contribution in [1.29, 1.82) is 0 Å². The molecule has 3 heterocycles. The number of hydrogen-bond donors (Lipinski definition) is 0. The Bertz CT molecular complexity index is 1050. The van der Waals surface area contributed by atoms with Gasteiger partial charge >= 0.3 is 11.9 Å². The van der Waals surface area contributed by atoms with E-state index in [4.69, 9.17) is 14.2 Å². The first-order valence-corrected chi connectivity index (χ1v) is 9.41. The molecular formula is C20H18N2O9. The van der Waals surface area contributed by atoms with Gasteiger partial charge in [-0.3, -0.25) is 29.3 Å². The Morgan fingerprint density at radius 1 is 1.19 bits per heavy atom. The highest BCUT2D eigenvalue weighted by atomic mass is 16.7. The highest BCUT2D eigenvalue weighted by molar-refractivity contribution is 6.24. The normalized spacial score (nSPS) is 28.3. The van der Waals surface area contributed by atoms with Crippen molar-refractivity contribution in [2.24, 2.45) is 11.8 Å². The van der Waals surface area contributed by atoms with Crippen LogP contribution in [0.25, 0.3) is 0 Å². The molecular weight excluding hydrogens is 412 g/mol. The lowest BCUT2D eigenvalue weighted by Gasteiger charge is -2.34. The molecule has 2 fully saturated rings. The molecule has 162 valence electrons. The van der Waals surface area contributed by atoms with E-state index in [2.05, 4.69) is 0 Å². The fourth-order valence-corrected chi connectivity index (χ4v) is 4.42. The van der Waals surface area contributed by atoms with Gasteiger partial charge < -0.3 is 14.2 Å². The molecule has 0 aliphatic carbocycles. The van der Waals surface area contributed by atoms with E-state index in [1.165, 1.54) is 24.3 Å². The average Bonchev–Trinajstić information content (AvgIpc) is 3.32. The summed E-state index contributed by atoms with van der Waals surface area (Å²) in [6, 6.07) is 4.16. The quantitative estimate of drug-likeness (QED) is 0.168. The maximum absolute atomic E-state index is 13.4. The van der Waals surface area contributed by atoms with Crippen molar-refractivity contribution in [3.8, 4) is 0 Å². The molecule has 2 amide bonds. The third-order valence-corrected chi connectivity index (χ3v) is 5.56. The van der Waals surface area contributed by atoms with E-state index in [-0.39, 0.29) is 5.69 Å². The molecule has 0 N–H and O–H groups in total. The van der Waals surface area contributed by atoms with Crippen molar-refractivity contribution >= 4 is 35.1 Å². The zero-order chi connectivity index (χ0) is 22.7. The number of nitro benzene ring substituents is 1. The number of aryl methyl sites for hydroxylation is 1. The number of nitro groups is 1. The van der Waals surface area contributed by atoms with Gasteiger partial charge in [-0.25, -0.2) is 4.90 Å². The minimum absolute atomic E-state index is 0.161. The Morgan fingerprint density at radius 2 is 1.84 bits per heavy atom. The van der Waals surface area contributed by atoms with E-state index in [0.717, 1.165) is 18.7 Å². The summed E-state index contributed by atoms with van der Waals surface area (Å²) in [6.07, 6.45) is 0.514. The van der Waals surface area contributed by atoms with Crippen LogP contribution in [0.5, 0.6) is 0 Å². The molecule has 0 unspecified atom stereocenters. The van der Waals surface area contributed by atoms with Crippen molar-refractivity contribution in [1.82, 2.24) is 0 Å². The Morgan fingerprint density at radius 3 is 2.42 bits per heavy atom. The molecule has 3 aliphatic heterocycles. The minimum Gasteiger partial charge on any atom is -0.422 e. The van der Waals surface area contributed by atoms with Gasteiger partial charge in [0.15, 0.2) is 5.60 Å². The largest absolute Gasteiger partial charge is 0.422 e. The van der Waals surface area contributed by atoms with Crippen LogP contribution in [-0.4, -0.2) is 46.7 Å². The molecule has 0 aromatic heterocycles. The Kier molecular flexibility index (Phi) is 4.65. The summed E-state index contributed by atoms with van der Waals surface area (Å²) in [5.74, 6) is -5.22. The standard InChI is InChI=1S/C20H18N2O9/c1-9-4-5-12(13(8-9)22(27)28)21-17(25)15-14-6-7-20(31-14,16(15)18(21)26)19(29-10(2)23)30-11(3)24/h4-8,14-16,19H,1-3H3/t14-,15+,16-,20-/m1/s1. The fourth-order valence-electron chi connectivity index (χ4n) is 4.42. The number of anilines is 1. The van der Waals surface area contributed by atoms with Crippen molar-refractivity contribution in [2.75, 3.05) is 4.90 Å². The number of benzene rings is 1. The number of ether oxygens (including phenoxy) is 3. The highest BCUT2D eigenvalue weighted by Crippen LogP contribution is 2.55. The predicted octanol–water partition coefficient (Wildman–Crippen LogP) is 1.17. The molecule has 2 saturated heterocycles. The number of amides is 2. The second-order valence-corrected chi connectivity index (χ2v) is 7.61. The predicted molar refractivity (Wildman–Crippen MR) is 101 cm³/mol. The maximum Gasteiger partial charge on any atom is 0.305 e. The molecule has 0 spiro atoms. The smallest absolute Gasteiger partial charge is 0.305 e. The van der Waals surface area contributed by atoms with Gasteiger partial charge in [-0.1, -0.05) is 12.1 Å². The Balaban J connectivity index is 1.79. The number of rotatable bonds is 5. The molecule has 3 aliphatic rings. The summed E-state index contributed by atoms with van der Waals surface area (Å²) in [4.78, 5) is 61.5. The van der Waals surface area contributed by atoms with Crippen molar-refractivity contribution in [3.05, 3.63) is 46.0 Å². The van der Waals surface area contributed by atoms with E-state index in [0.29, 0.717) is 5.56 Å². The minimum atomic E-state index is -1.71. The van der Waals surface area contributed by atoms with Gasteiger partial charge in [0.05, 0.1) is 22.9 Å². The number of nitrogens with zero attached hydrogens (tertiary/aromatic N) is 2. The molecule has 1 aromatic carbocycles. The second kappa shape index (κ2) is 6.98. The zero-order valence-electron chi connectivity index (χ0n) is 16.8. The Labute approximate surface area is 175 Å². The van der Waals surface area contributed by atoms with E-state index < -0.39 is 64.2 Å². The van der Waals surface area contributed by atoms with E-state index >= 15 is 0 Å². The van der Waals surface area contributed by atoms with Gasteiger partial charge in [0.2, 0.25) is 11.8 Å².